The smallest absolute Gasteiger partial charge is 0.307 e. The van der Waals surface area contributed by atoms with Crippen LogP contribution >= 0.6 is 0 Å². The van der Waals surface area contributed by atoms with Gasteiger partial charge in [-0.25, -0.2) is 0 Å². The molecule has 0 saturated carbocycles. The maximum Gasteiger partial charge on any atom is 0.307 e. The van der Waals surface area contributed by atoms with E-state index in [-0.39, 0.29) is 0 Å². The Hall–Kier alpha value is -1.12. The molecule has 0 unspecified atom stereocenters. The number of hydrogen-bond donors (Lipinski definition) is 0. The Morgan fingerprint density at radius 2 is 2.00 bits per heavy atom. The lowest BCUT2D eigenvalue weighted by molar-refractivity contribution is -0.135. The topological polar surface area (TPSA) is 43.4 Å². The van der Waals surface area contributed by atoms with Crippen LogP contribution in [0.25, 0.3) is 0 Å². The summed E-state index contributed by atoms with van der Waals surface area (Å²) in [4.78, 5) is 19.9. The third-order valence-corrected chi connectivity index (χ3v) is 0.597. The van der Waals surface area contributed by atoms with E-state index < -0.39 is 5.97 Å². The maximum atomic E-state index is 10.1. The van der Waals surface area contributed by atoms with Gasteiger partial charge in [-0.3, -0.25) is 9.59 Å². The summed E-state index contributed by atoms with van der Waals surface area (Å²) < 4.78 is 4.36. The average Bonchev–Trinajstić information content (AvgIpc) is 1.83. The number of carbonyl (C=O) groups is 2. The fraction of sp³-hybridized carbons (Fsp3) is 0.333. The largest absolute Gasteiger partial charge is 0.434 e. The van der Waals surface area contributed by atoms with Crippen LogP contribution in [0.15, 0.2) is 11.8 Å². The molecule has 0 aliphatic heterocycles. The first-order chi connectivity index (χ1) is 4.16. The summed E-state index contributed by atoms with van der Waals surface area (Å²) in [6.07, 6.45) is 1.73. The van der Waals surface area contributed by atoms with E-state index in [0.717, 1.165) is 6.26 Å². The second kappa shape index (κ2) is 3.83. The minimum Gasteiger partial charge on any atom is -0.434 e. The first-order valence-electron chi connectivity index (χ1n) is 2.46. The Bertz CT molecular complexity index is 146. The van der Waals surface area contributed by atoms with Crippen LogP contribution in [0, 0.1) is 0 Å². The Morgan fingerprint density at radius 3 is 2.33 bits per heavy atom. The first kappa shape index (κ1) is 7.88. The Kier molecular flexibility index (Phi) is 3.35. The second-order valence-electron chi connectivity index (χ2n) is 1.59. The molecule has 0 aromatic carbocycles. The van der Waals surface area contributed by atoms with Gasteiger partial charge in [0, 0.05) is 12.5 Å². The van der Waals surface area contributed by atoms with Gasteiger partial charge in [0.15, 0.2) is 0 Å². The van der Waals surface area contributed by atoms with Gasteiger partial charge in [0.25, 0.3) is 0 Å². The van der Waals surface area contributed by atoms with Crippen molar-refractivity contribution in [2.24, 2.45) is 0 Å². The molecule has 0 radical (unpaired) electrons. The number of allylic oxidation sites excluding steroid dienone is 1. The van der Waals surface area contributed by atoms with Crippen LogP contribution in [-0.2, 0) is 14.3 Å². The Morgan fingerprint density at radius 1 is 1.44 bits per heavy atom. The van der Waals surface area contributed by atoms with Gasteiger partial charge in [0.05, 0.1) is 0 Å². The molecule has 0 heterocycles. The normalized spacial score (nSPS) is 10.7. The predicted molar refractivity (Wildman–Crippen MR) is 31.6 cm³/mol. The van der Waals surface area contributed by atoms with Crippen molar-refractivity contribution >= 4 is 12.3 Å². The molecule has 9 heavy (non-hydrogen) atoms. The molecule has 3 heteroatoms. The van der Waals surface area contributed by atoms with Crippen molar-refractivity contribution in [3.05, 3.63) is 11.8 Å². The number of rotatable bonds is 2. The number of ether oxygens (including phenoxy) is 1. The molecular formula is C6H8O3. The summed E-state index contributed by atoms with van der Waals surface area (Å²) in [6.45, 7) is 2.82. The highest BCUT2D eigenvalue weighted by molar-refractivity contribution is 5.73. The lowest BCUT2D eigenvalue weighted by Crippen LogP contribution is -1.91. The van der Waals surface area contributed by atoms with Crippen LogP contribution in [0.1, 0.15) is 13.8 Å². The molecule has 0 aromatic rings. The summed E-state index contributed by atoms with van der Waals surface area (Å²) in [5.41, 5.74) is 0.394. The molecule has 0 atom stereocenters. The molecule has 0 aliphatic rings. The molecule has 3 nitrogen and oxygen atoms in total. The lowest BCUT2D eigenvalue weighted by atomic mass is 10.4. The van der Waals surface area contributed by atoms with E-state index in [1.807, 2.05) is 0 Å². The molecule has 0 rings (SSSR count). The van der Waals surface area contributed by atoms with Gasteiger partial charge in [-0.05, 0) is 6.92 Å². The fourth-order valence-electron chi connectivity index (χ4n) is 0.204. The van der Waals surface area contributed by atoms with Crippen molar-refractivity contribution in [3.63, 3.8) is 0 Å². The standard InChI is InChI=1S/C6H8O3/c1-5(3-7)4-9-6(2)8/h3-4H,1-2H3/b5-4+. The zero-order valence-corrected chi connectivity index (χ0v) is 5.38. The van der Waals surface area contributed by atoms with E-state index >= 15 is 0 Å². The molecule has 0 saturated heterocycles. The molecule has 50 valence electrons. The molecular weight excluding hydrogens is 120 g/mol. The van der Waals surface area contributed by atoms with E-state index in [1.54, 1.807) is 6.92 Å². The highest BCUT2D eigenvalue weighted by Crippen LogP contribution is 1.86. The monoisotopic (exact) mass is 128 g/mol. The van der Waals surface area contributed by atoms with Gasteiger partial charge in [-0.2, -0.15) is 0 Å². The molecule has 0 amide bonds. The minimum atomic E-state index is -0.420. The minimum absolute atomic E-state index is 0.394. The zero-order chi connectivity index (χ0) is 7.28. The quantitative estimate of drug-likeness (QED) is 0.237. The fourth-order valence-corrected chi connectivity index (χ4v) is 0.204. The van der Waals surface area contributed by atoms with Gasteiger partial charge in [0.2, 0.25) is 0 Å². The first-order valence-corrected chi connectivity index (χ1v) is 2.46. The summed E-state index contributed by atoms with van der Waals surface area (Å²) in [5, 5.41) is 0. The van der Waals surface area contributed by atoms with Gasteiger partial charge < -0.3 is 4.74 Å². The lowest BCUT2D eigenvalue weighted by Gasteiger charge is -1.89. The van der Waals surface area contributed by atoms with E-state index in [1.165, 1.54) is 6.92 Å². The van der Waals surface area contributed by atoms with Crippen molar-refractivity contribution in [1.82, 2.24) is 0 Å². The molecule has 0 N–H and O–H groups in total. The summed E-state index contributed by atoms with van der Waals surface area (Å²) in [6, 6.07) is 0. The number of aldehydes is 1. The van der Waals surface area contributed by atoms with Crippen LogP contribution in [0.4, 0.5) is 0 Å². The van der Waals surface area contributed by atoms with E-state index in [9.17, 15) is 9.59 Å². The van der Waals surface area contributed by atoms with Crippen LogP contribution < -0.4 is 0 Å². The predicted octanol–water partition coefficient (Wildman–Crippen LogP) is 0.652. The third-order valence-electron chi connectivity index (χ3n) is 0.597. The van der Waals surface area contributed by atoms with Crippen LogP contribution in [-0.4, -0.2) is 12.3 Å². The van der Waals surface area contributed by atoms with Crippen molar-refractivity contribution < 1.29 is 14.3 Å². The molecule has 0 fully saturated rings. The number of hydrogen-bond acceptors (Lipinski definition) is 3. The summed E-state index contributed by atoms with van der Waals surface area (Å²) in [5.74, 6) is -0.420. The maximum absolute atomic E-state index is 10.1. The van der Waals surface area contributed by atoms with Gasteiger partial charge in [0.1, 0.15) is 12.5 Å². The number of esters is 1. The van der Waals surface area contributed by atoms with Gasteiger partial charge in [-0.15, -0.1) is 0 Å². The van der Waals surface area contributed by atoms with Crippen LogP contribution in [0.5, 0.6) is 0 Å². The highest BCUT2D eigenvalue weighted by Gasteiger charge is 1.87. The van der Waals surface area contributed by atoms with Crippen molar-refractivity contribution in [2.75, 3.05) is 0 Å². The van der Waals surface area contributed by atoms with E-state index in [4.69, 9.17) is 0 Å². The molecule has 0 spiro atoms. The van der Waals surface area contributed by atoms with Crippen molar-refractivity contribution in [3.8, 4) is 0 Å². The third kappa shape index (κ3) is 4.74. The van der Waals surface area contributed by atoms with Crippen molar-refractivity contribution in [1.29, 1.82) is 0 Å². The Labute approximate surface area is 53.3 Å². The molecule has 0 aromatic heterocycles. The van der Waals surface area contributed by atoms with Crippen molar-refractivity contribution in [2.45, 2.75) is 13.8 Å². The van der Waals surface area contributed by atoms with Gasteiger partial charge >= 0.3 is 5.97 Å². The zero-order valence-electron chi connectivity index (χ0n) is 5.38. The molecule has 0 aliphatic carbocycles. The molecule has 0 bridgehead atoms. The SMILES string of the molecule is CC(=O)O/C=C(\C)C=O. The second-order valence-corrected chi connectivity index (χ2v) is 1.59. The van der Waals surface area contributed by atoms with E-state index in [2.05, 4.69) is 4.74 Å². The van der Waals surface area contributed by atoms with E-state index in [0.29, 0.717) is 11.9 Å². The summed E-state index contributed by atoms with van der Waals surface area (Å²) in [7, 11) is 0. The highest BCUT2D eigenvalue weighted by atomic mass is 16.5. The van der Waals surface area contributed by atoms with Crippen LogP contribution in [0.2, 0.25) is 0 Å². The Balaban J connectivity index is 3.69. The summed E-state index contributed by atoms with van der Waals surface area (Å²) >= 11 is 0. The van der Waals surface area contributed by atoms with Gasteiger partial charge in [-0.1, -0.05) is 0 Å². The average molecular weight is 128 g/mol. The number of carbonyl (C=O) groups excluding carboxylic acids is 2. The van der Waals surface area contributed by atoms with Crippen LogP contribution in [0.3, 0.4) is 0 Å².